The van der Waals surface area contributed by atoms with Crippen molar-refractivity contribution in [2.24, 2.45) is 0 Å². The third kappa shape index (κ3) is 5.15. The molecule has 6 rings (SSSR count). The number of aromatic nitrogens is 5. The van der Waals surface area contributed by atoms with Crippen LogP contribution in [0.25, 0.3) is 16.9 Å². The van der Waals surface area contributed by atoms with Crippen molar-refractivity contribution in [3.05, 3.63) is 59.8 Å². The minimum absolute atomic E-state index is 0.103. The topological polar surface area (TPSA) is 136 Å². The summed E-state index contributed by atoms with van der Waals surface area (Å²) < 4.78 is 41.7. The molecular weight excluding hydrogens is 541 g/mol. The van der Waals surface area contributed by atoms with Crippen LogP contribution >= 0.6 is 0 Å². The predicted molar refractivity (Wildman–Crippen MR) is 143 cm³/mol. The number of urea groups is 1. The number of hydrogen-bond acceptors (Lipinski definition) is 7. The zero-order valence-corrected chi connectivity index (χ0v) is 22.0. The predicted octanol–water partition coefficient (Wildman–Crippen LogP) is 2.63. The van der Waals surface area contributed by atoms with E-state index in [0.717, 1.165) is 18.7 Å². The van der Waals surface area contributed by atoms with Crippen LogP contribution in [0.2, 0.25) is 0 Å². The molecule has 3 amide bonds. The van der Waals surface area contributed by atoms with Crippen molar-refractivity contribution in [3.8, 4) is 11.3 Å². The van der Waals surface area contributed by atoms with Gasteiger partial charge < -0.3 is 25.8 Å². The number of amides is 3. The van der Waals surface area contributed by atoms with Crippen LogP contribution in [0.4, 0.5) is 29.5 Å². The molecule has 2 fully saturated rings. The fourth-order valence-corrected chi connectivity index (χ4v) is 4.97. The summed E-state index contributed by atoms with van der Waals surface area (Å²) in [4.78, 5) is 37.7. The number of nitrogens with zero attached hydrogens (tertiary/aromatic N) is 6. The van der Waals surface area contributed by atoms with Crippen LogP contribution in [-0.2, 0) is 6.18 Å². The van der Waals surface area contributed by atoms with Crippen molar-refractivity contribution in [2.75, 3.05) is 44.6 Å². The van der Waals surface area contributed by atoms with Crippen molar-refractivity contribution >= 4 is 29.1 Å². The molecule has 4 N–H and O–H groups in total. The Bertz CT molecular complexity index is 1600. The van der Waals surface area contributed by atoms with E-state index in [2.05, 4.69) is 36.1 Å². The van der Waals surface area contributed by atoms with E-state index in [9.17, 15) is 22.8 Å². The molecule has 2 saturated heterocycles. The third-order valence-corrected chi connectivity index (χ3v) is 7.30. The standard InChI is InChI=1S/C26H27F3N10O2/c1-15-10-16(2-3-18(15)24(40)37-6-8-38(9-7-37)25(41)35-17-11-30-12-17)34-22-23-32-14-20(39(23)5-4-31-22)19-13-33-36-21(19)26(27,28)29/h2-5,10,13-14,17,30H,6-9,11-12H2,1H3,(H,31,34)(H,33,36)(H,35,41). The first-order chi connectivity index (χ1) is 19.7. The molecule has 0 atom stereocenters. The second-order valence-electron chi connectivity index (χ2n) is 10.00. The number of fused-ring (bicyclic) bond motifs is 1. The van der Waals surface area contributed by atoms with Crippen molar-refractivity contribution in [2.45, 2.75) is 19.1 Å². The number of carbonyl (C=O) groups excluding carboxylic acids is 2. The number of imidazole rings is 1. The van der Waals surface area contributed by atoms with E-state index in [0.29, 0.717) is 48.9 Å². The van der Waals surface area contributed by atoms with Crippen LogP contribution in [0.15, 0.2) is 43.0 Å². The number of hydrogen-bond donors (Lipinski definition) is 4. The molecule has 15 heteroatoms. The Morgan fingerprint density at radius 2 is 1.83 bits per heavy atom. The average Bonchev–Trinajstić information content (AvgIpc) is 3.58. The van der Waals surface area contributed by atoms with Gasteiger partial charge in [-0.2, -0.15) is 18.3 Å². The first-order valence-electron chi connectivity index (χ1n) is 13.1. The maximum absolute atomic E-state index is 13.4. The first kappa shape index (κ1) is 26.6. The summed E-state index contributed by atoms with van der Waals surface area (Å²) in [5.74, 6) is 0.220. The van der Waals surface area contributed by atoms with Gasteiger partial charge in [-0.3, -0.25) is 14.3 Å². The highest BCUT2D eigenvalue weighted by atomic mass is 19.4. The summed E-state index contributed by atoms with van der Waals surface area (Å²) in [5.41, 5.74) is 1.29. The molecule has 12 nitrogen and oxygen atoms in total. The summed E-state index contributed by atoms with van der Waals surface area (Å²) in [6.45, 7) is 5.18. The highest BCUT2D eigenvalue weighted by Crippen LogP contribution is 2.36. The van der Waals surface area contributed by atoms with E-state index < -0.39 is 11.9 Å². The number of alkyl halides is 3. The minimum Gasteiger partial charge on any atom is -0.337 e. The quantitative estimate of drug-likeness (QED) is 0.291. The van der Waals surface area contributed by atoms with Gasteiger partial charge in [0.15, 0.2) is 17.2 Å². The number of aromatic amines is 1. The minimum atomic E-state index is -4.63. The lowest BCUT2D eigenvalue weighted by molar-refractivity contribution is -0.140. The number of halogens is 3. The van der Waals surface area contributed by atoms with Crippen LogP contribution < -0.4 is 16.0 Å². The van der Waals surface area contributed by atoms with Gasteiger partial charge >= 0.3 is 12.2 Å². The second kappa shape index (κ2) is 10.4. The molecule has 0 bridgehead atoms. The Morgan fingerprint density at radius 1 is 1.07 bits per heavy atom. The van der Waals surface area contributed by atoms with E-state index in [1.807, 2.05) is 6.92 Å². The fraction of sp³-hybridized carbons (Fsp3) is 0.346. The Balaban J connectivity index is 1.15. The SMILES string of the molecule is Cc1cc(Nc2nccn3c(-c4c[nH]nc4C(F)(F)F)cnc23)ccc1C(=O)N1CCN(C(=O)NC2CNC2)CC1. The molecule has 0 aliphatic carbocycles. The highest BCUT2D eigenvalue weighted by Gasteiger charge is 2.37. The van der Waals surface area contributed by atoms with Gasteiger partial charge in [0.05, 0.1) is 23.5 Å². The molecule has 2 aliphatic heterocycles. The molecule has 1 aromatic carbocycles. The molecule has 0 spiro atoms. The highest BCUT2D eigenvalue weighted by molar-refractivity contribution is 5.96. The molecule has 214 valence electrons. The monoisotopic (exact) mass is 568 g/mol. The Hall–Kier alpha value is -4.66. The second-order valence-corrected chi connectivity index (χ2v) is 10.00. The molecular formula is C26H27F3N10O2. The summed E-state index contributed by atoms with van der Waals surface area (Å²) in [5, 5.41) is 14.9. The van der Waals surface area contributed by atoms with Crippen molar-refractivity contribution < 1.29 is 22.8 Å². The molecule has 2 aliphatic rings. The van der Waals surface area contributed by atoms with Crippen LogP contribution in [0.3, 0.4) is 0 Å². The molecule has 41 heavy (non-hydrogen) atoms. The molecule has 3 aromatic heterocycles. The zero-order valence-electron chi connectivity index (χ0n) is 22.0. The molecule has 0 unspecified atom stereocenters. The van der Waals surface area contributed by atoms with Crippen LogP contribution in [0, 0.1) is 6.92 Å². The van der Waals surface area contributed by atoms with Gasteiger partial charge in [-0.1, -0.05) is 0 Å². The van der Waals surface area contributed by atoms with E-state index >= 15 is 0 Å². The molecule has 5 heterocycles. The maximum Gasteiger partial charge on any atom is 0.435 e. The number of nitrogens with one attached hydrogen (secondary N) is 4. The van der Waals surface area contributed by atoms with E-state index in [-0.39, 0.29) is 29.2 Å². The van der Waals surface area contributed by atoms with Crippen molar-refractivity contribution in [1.29, 1.82) is 0 Å². The summed E-state index contributed by atoms with van der Waals surface area (Å²) in [6, 6.07) is 5.32. The summed E-state index contributed by atoms with van der Waals surface area (Å²) in [7, 11) is 0. The van der Waals surface area contributed by atoms with Gasteiger partial charge in [-0.25, -0.2) is 14.8 Å². The fourth-order valence-electron chi connectivity index (χ4n) is 4.97. The van der Waals surface area contributed by atoms with Gasteiger partial charge in [-0.15, -0.1) is 0 Å². The van der Waals surface area contributed by atoms with E-state index in [4.69, 9.17) is 0 Å². The van der Waals surface area contributed by atoms with Gasteiger partial charge in [0.25, 0.3) is 5.91 Å². The van der Waals surface area contributed by atoms with Crippen LogP contribution in [0.1, 0.15) is 21.6 Å². The first-order valence-corrected chi connectivity index (χ1v) is 13.1. The third-order valence-electron chi connectivity index (χ3n) is 7.30. The Morgan fingerprint density at radius 3 is 2.51 bits per heavy atom. The normalized spacial score (nSPS) is 16.1. The summed E-state index contributed by atoms with van der Waals surface area (Å²) >= 11 is 0. The number of piperazine rings is 1. The molecule has 4 aromatic rings. The lowest BCUT2D eigenvalue weighted by Crippen LogP contribution is -2.61. The van der Waals surface area contributed by atoms with E-state index in [1.165, 1.54) is 29.2 Å². The Kier molecular flexibility index (Phi) is 6.73. The van der Waals surface area contributed by atoms with E-state index in [1.54, 1.807) is 28.0 Å². The van der Waals surface area contributed by atoms with Crippen molar-refractivity contribution in [1.82, 2.24) is 45.0 Å². The number of benzene rings is 1. The molecule has 0 saturated carbocycles. The smallest absolute Gasteiger partial charge is 0.337 e. The molecule has 0 radical (unpaired) electrons. The van der Waals surface area contributed by atoms with Gasteiger partial charge in [0, 0.05) is 69.1 Å². The van der Waals surface area contributed by atoms with Crippen LogP contribution in [-0.4, -0.2) is 91.6 Å². The number of anilines is 2. The van der Waals surface area contributed by atoms with Gasteiger partial charge in [0.1, 0.15) is 0 Å². The number of carbonyl (C=O) groups is 2. The largest absolute Gasteiger partial charge is 0.435 e. The Labute approximate surface area is 231 Å². The number of H-pyrrole nitrogens is 1. The number of rotatable bonds is 5. The van der Waals surface area contributed by atoms with Gasteiger partial charge in [-0.05, 0) is 30.7 Å². The average molecular weight is 569 g/mol. The lowest BCUT2D eigenvalue weighted by atomic mass is 10.1. The lowest BCUT2D eigenvalue weighted by Gasteiger charge is -2.37. The summed E-state index contributed by atoms with van der Waals surface area (Å²) in [6.07, 6.45) is 0.877. The number of aryl methyl sites for hydroxylation is 1. The van der Waals surface area contributed by atoms with Gasteiger partial charge in [0.2, 0.25) is 0 Å². The maximum atomic E-state index is 13.4. The van der Waals surface area contributed by atoms with Crippen LogP contribution in [0.5, 0.6) is 0 Å². The zero-order chi connectivity index (χ0) is 28.7. The van der Waals surface area contributed by atoms with Crippen molar-refractivity contribution in [3.63, 3.8) is 0 Å².